The van der Waals surface area contributed by atoms with Crippen LogP contribution in [0.4, 0.5) is 0 Å². The second-order valence-corrected chi connectivity index (χ2v) is 11.4. The molecule has 3 unspecified atom stereocenters. The Kier molecular flexibility index (Phi) is 46.3. The van der Waals surface area contributed by atoms with Crippen molar-refractivity contribution in [3.8, 4) is 48.8 Å². The molecule has 0 aliphatic carbocycles. The molecule has 12 heteroatoms. The lowest BCUT2D eigenvalue weighted by molar-refractivity contribution is -0.0548. The van der Waals surface area contributed by atoms with E-state index in [1.165, 1.54) is 0 Å². The predicted octanol–water partition coefficient (Wildman–Crippen LogP) is 8.25. The maximum atomic E-state index is 8.64. The van der Waals surface area contributed by atoms with E-state index in [4.69, 9.17) is 71.9 Å². The van der Waals surface area contributed by atoms with Crippen molar-refractivity contribution in [2.45, 2.75) is 110 Å². The van der Waals surface area contributed by atoms with Crippen LogP contribution in [0.25, 0.3) is 14.5 Å². The molecule has 0 radical (unpaired) electrons. The smallest absolute Gasteiger partial charge is 0.237 e. The van der Waals surface area contributed by atoms with Crippen LogP contribution >= 0.6 is 0 Å². The van der Waals surface area contributed by atoms with E-state index in [1.807, 2.05) is 31.2 Å². The van der Waals surface area contributed by atoms with Crippen LogP contribution in [0.15, 0.2) is 0 Å². The minimum atomic E-state index is -0.774. The van der Waals surface area contributed by atoms with Gasteiger partial charge >= 0.3 is 0 Å². The molecule has 0 amide bonds. The quantitative estimate of drug-likeness (QED) is 0.0544. The van der Waals surface area contributed by atoms with Crippen molar-refractivity contribution in [1.82, 2.24) is 0 Å². The Morgan fingerprint density at radius 3 is 1.71 bits per heavy atom. The summed E-state index contributed by atoms with van der Waals surface area (Å²) in [4.78, 5) is 9.75. The van der Waals surface area contributed by atoms with Crippen molar-refractivity contribution < 1.29 is 14.2 Å². The largest absolute Gasteiger partial charge is 0.379 e. The molecular formula is C39H55N9O3. The lowest BCUT2D eigenvalue weighted by atomic mass is 9.86. The molecule has 0 N–H and O–H groups in total. The second kappa shape index (κ2) is 44.9. The SMILES string of the molecule is C#CCCCC(C#N)CCC#N.CC(C#N)(CC#N)CC#N.[C-]#[N+]CCC(CCC)CCC#N.[C-]#[N+]CCOCC(COCCC)OCC[N+]#[C-]. The lowest BCUT2D eigenvalue weighted by Crippen LogP contribution is -2.27. The molecule has 3 atom stereocenters. The molecule has 51 heavy (non-hydrogen) atoms. The normalized spacial score (nSPS) is 10.9. The zero-order valence-electron chi connectivity index (χ0n) is 30.9. The minimum Gasteiger partial charge on any atom is -0.379 e. The summed E-state index contributed by atoms with van der Waals surface area (Å²) in [5.74, 6) is 3.14. The van der Waals surface area contributed by atoms with Gasteiger partial charge in [0.15, 0.2) is 0 Å². The molecular weight excluding hydrogens is 642 g/mol. The maximum Gasteiger partial charge on any atom is 0.237 e. The number of unbranched alkanes of at least 4 members (excludes halogenated alkanes) is 1. The van der Waals surface area contributed by atoms with Crippen molar-refractivity contribution in [3.63, 3.8) is 0 Å². The summed E-state index contributed by atoms with van der Waals surface area (Å²) in [7, 11) is 0. The highest BCUT2D eigenvalue weighted by Gasteiger charge is 2.22. The summed E-state index contributed by atoms with van der Waals surface area (Å²) in [6, 6.07) is 12.0. The highest BCUT2D eigenvalue weighted by molar-refractivity contribution is 5.05. The number of hydrogen-bond donors (Lipinski definition) is 0. The van der Waals surface area contributed by atoms with Crippen LogP contribution in [0, 0.1) is 117 Å². The van der Waals surface area contributed by atoms with Gasteiger partial charge < -0.3 is 28.7 Å². The van der Waals surface area contributed by atoms with E-state index in [-0.39, 0.29) is 24.9 Å². The van der Waals surface area contributed by atoms with Gasteiger partial charge in [0.2, 0.25) is 19.6 Å². The Labute approximate surface area is 308 Å². The van der Waals surface area contributed by atoms with Gasteiger partial charge in [-0.1, -0.05) is 26.7 Å². The second-order valence-electron chi connectivity index (χ2n) is 11.4. The first-order valence-corrected chi connectivity index (χ1v) is 17.2. The van der Waals surface area contributed by atoms with Crippen LogP contribution in [0.1, 0.15) is 104 Å². The number of nitrogens with zero attached hydrogens (tertiary/aromatic N) is 9. The molecule has 0 heterocycles. The van der Waals surface area contributed by atoms with Gasteiger partial charge in [0.05, 0.1) is 67.9 Å². The van der Waals surface area contributed by atoms with Crippen molar-refractivity contribution in [1.29, 1.82) is 31.6 Å². The first kappa shape index (κ1) is 52.7. The van der Waals surface area contributed by atoms with Gasteiger partial charge in [0.25, 0.3) is 0 Å². The summed E-state index contributed by atoms with van der Waals surface area (Å²) in [6.45, 7) is 29.5. The van der Waals surface area contributed by atoms with E-state index in [2.05, 4.69) is 39.5 Å². The number of ether oxygens (including phenoxy) is 3. The average molecular weight is 698 g/mol. The van der Waals surface area contributed by atoms with E-state index >= 15 is 0 Å². The first-order chi connectivity index (χ1) is 24.7. The summed E-state index contributed by atoms with van der Waals surface area (Å²) < 4.78 is 16.2. The third kappa shape index (κ3) is 42.8. The summed E-state index contributed by atoms with van der Waals surface area (Å²) >= 11 is 0. The molecule has 0 aliphatic heterocycles. The Hall–Kier alpha value is -5.15. The summed E-state index contributed by atoms with van der Waals surface area (Å²) in [5, 5.41) is 50.3. The van der Waals surface area contributed by atoms with Crippen LogP contribution in [0.5, 0.6) is 0 Å². The van der Waals surface area contributed by atoms with Crippen LogP contribution in [-0.4, -0.2) is 58.8 Å². The molecule has 0 aromatic heterocycles. The summed E-state index contributed by atoms with van der Waals surface area (Å²) in [5.41, 5.74) is -0.774. The van der Waals surface area contributed by atoms with Crippen molar-refractivity contribution in [2.75, 3.05) is 52.7 Å². The Balaban J connectivity index is -0.000000295. The third-order valence-corrected chi connectivity index (χ3v) is 6.74. The van der Waals surface area contributed by atoms with Gasteiger partial charge in [-0.15, -0.1) is 12.3 Å². The highest BCUT2D eigenvalue weighted by atomic mass is 16.6. The average Bonchev–Trinajstić information content (AvgIpc) is 3.13. The molecule has 0 bridgehead atoms. The van der Waals surface area contributed by atoms with Crippen molar-refractivity contribution >= 4 is 0 Å². The molecule has 0 fully saturated rings. The molecule has 0 spiro atoms. The van der Waals surface area contributed by atoms with Crippen molar-refractivity contribution in [2.24, 2.45) is 17.3 Å². The number of nitriles is 6. The molecule has 0 aromatic rings. The van der Waals surface area contributed by atoms with Gasteiger partial charge in [-0.25, -0.2) is 19.7 Å². The van der Waals surface area contributed by atoms with Crippen LogP contribution in [-0.2, 0) is 14.2 Å². The Bertz CT molecular complexity index is 1230. The fraction of sp³-hybridized carbons (Fsp3) is 0.718. The van der Waals surface area contributed by atoms with Gasteiger partial charge in [-0.05, 0) is 44.9 Å². The number of terminal acetylenes is 1. The van der Waals surface area contributed by atoms with Gasteiger partial charge in [0, 0.05) is 38.2 Å². The first-order valence-electron chi connectivity index (χ1n) is 17.2. The topological polar surface area (TPSA) is 184 Å². The van der Waals surface area contributed by atoms with E-state index in [0.29, 0.717) is 77.8 Å². The van der Waals surface area contributed by atoms with Gasteiger partial charge in [0.1, 0.15) is 19.3 Å². The molecule has 274 valence electrons. The molecule has 0 rings (SSSR count). The van der Waals surface area contributed by atoms with E-state index in [9.17, 15) is 0 Å². The zero-order chi connectivity index (χ0) is 39.3. The number of rotatable bonds is 24. The monoisotopic (exact) mass is 697 g/mol. The van der Waals surface area contributed by atoms with Gasteiger partial charge in [-0.2, -0.15) is 31.6 Å². The fourth-order valence-electron chi connectivity index (χ4n) is 3.90. The van der Waals surface area contributed by atoms with Gasteiger partial charge in [-0.3, -0.25) is 0 Å². The Morgan fingerprint density at radius 1 is 0.667 bits per heavy atom. The third-order valence-electron chi connectivity index (χ3n) is 6.74. The maximum absolute atomic E-state index is 8.64. The van der Waals surface area contributed by atoms with Crippen LogP contribution in [0.2, 0.25) is 0 Å². The zero-order valence-corrected chi connectivity index (χ0v) is 30.9. The predicted molar refractivity (Wildman–Crippen MR) is 195 cm³/mol. The molecule has 12 nitrogen and oxygen atoms in total. The van der Waals surface area contributed by atoms with Crippen LogP contribution < -0.4 is 0 Å². The molecule has 0 saturated heterocycles. The fourth-order valence-corrected chi connectivity index (χ4v) is 3.90. The summed E-state index contributed by atoms with van der Waals surface area (Å²) in [6.07, 6.45) is 14.6. The van der Waals surface area contributed by atoms with E-state index < -0.39 is 5.41 Å². The van der Waals surface area contributed by atoms with Crippen molar-refractivity contribution in [3.05, 3.63) is 34.3 Å². The molecule has 0 saturated carbocycles. The standard InChI is InChI=1S/C12H20N2O3.C10H16N2.C10H12N2.C7H7N3/c1-4-7-15-10-12(17-9-6-14-3)11-16-8-5-13-2;1-3-5-10(6-4-8-11)7-9-12-2;1-2-3-4-6-10(9-12)7-5-8-11;1-7(6-10,2-4-8)3-5-9/h12H,4-11H2,1H3;10H,3-7,9H2,1H3;1,10H,3-7H2;2-3H2,1H3. The lowest BCUT2D eigenvalue weighted by Gasteiger charge is -2.16. The number of hydrogen-bond acceptors (Lipinski definition) is 9. The molecule has 0 aliphatic rings. The highest BCUT2D eigenvalue weighted by Crippen LogP contribution is 2.23. The molecule has 0 aromatic carbocycles. The van der Waals surface area contributed by atoms with E-state index in [0.717, 1.165) is 51.4 Å². The van der Waals surface area contributed by atoms with E-state index in [1.54, 1.807) is 6.92 Å². The minimum absolute atomic E-state index is 0.0120. The Morgan fingerprint density at radius 2 is 1.24 bits per heavy atom. The van der Waals surface area contributed by atoms with Crippen LogP contribution in [0.3, 0.4) is 0 Å².